The smallest absolute Gasteiger partial charge is 0.145 e. The summed E-state index contributed by atoms with van der Waals surface area (Å²) in [5, 5.41) is 2.43. The van der Waals surface area contributed by atoms with Crippen LogP contribution >= 0.6 is 0 Å². The van der Waals surface area contributed by atoms with E-state index in [4.69, 9.17) is 4.98 Å². The largest absolute Gasteiger partial charge is 0.292 e. The minimum atomic E-state index is 0.908. The van der Waals surface area contributed by atoms with Crippen molar-refractivity contribution in [3.8, 4) is 28.3 Å². The third kappa shape index (κ3) is 4.39. The van der Waals surface area contributed by atoms with Crippen LogP contribution in [-0.2, 0) is 0 Å². The topological polar surface area (TPSA) is 17.8 Å². The molecular weight excluding hydrogens is 424 g/mol. The Hall–Kier alpha value is -4.43. The highest BCUT2D eigenvalue weighted by Crippen LogP contribution is 2.37. The highest BCUT2D eigenvalue weighted by Gasteiger charge is 2.22. The fourth-order valence-corrected chi connectivity index (χ4v) is 4.53. The van der Waals surface area contributed by atoms with Crippen LogP contribution in [-0.4, -0.2) is 9.55 Å². The van der Waals surface area contributed by atoms with Gasteiger partial charge in [-0.25, -0.2) is 4.98 Å². The van der Waals surface area contributed by atoms with E-state index in [-0.39, 0.29) is 0 Å². The summed E-state index contributed by atoms with van der Waals surface area (Å²) in [6, 6.07) is 34.0. The molecule has 0 atom stereocenters. The molecule has 0 unspecified atom stereocenters. The first-order valence-corrected chi connectivity index (χ1v) is 11.9. The van der Waals surface area contributed by atoms with E-state index >= 15 is 0 Å². The monoisotopic (exact) mass is 452 g/mol. The van der Waals surface area contributed by atoms with Gasteiger partial charge in [0.2, 0.25) is 0 Å². The van der Waals surface area contributed by atoms with Crippen LogP contribution in [0.1, 0.15) is 18.2 Å². The molecule has 0 saturated carbocycles. The molecule has 0 N–H and O–H groups in total. The van der Waals surface area contributed by atoms with Gasteiger partial charge in [0, 0.05) is 22.4 Å². The van der Waals surface area contributed by atoms with Crippen LogP contribution in [0.2, 0.25) is 0 Å². The molecular formula is C33H28N2. The van der Waals surface area contributed by atoms with E-state index in [0.29, 0.717) is 0 Å². The van der Waals surface area contributed by atoms with Crippen molar-refractivity contribution in [2.45, 2.75) is 13.8 Å². The SMILES string of the molecule is C=C/C=C(\C=C/C)c1c(-c2ccccc2)nc(-c2ccccc2)n1-c1ccc2cc(C)ccc2c1. The summed E-state index contributed by atoms with van der Waals surface area (Å²) in [4.78, 5) is 5.26. The van der Waals surface area contributed by atoms with Gasteiger partial charge in [0.1, 0.15) is 5.82 Å². The van der Waals surface area contributed by atoms with Crippen molar-refractivity contribution < 1.29 is 0 Å². The fourth-order valence-electron chi connectivity index (χ4n) is 4.53. The average molecular weight is 453 g/mol. The number of nitrogens with zero attached hydrogens (tertiary/aromatic N) is 2. The van der Waals surface area contributed by atoms with E-state index in [2.05, 4.69) is 121 Å². The normalized spacial score (nSPS) is 11.9. The second-order valence-corrected chi connectivity index (χ2v) is 8.59. The van der Waals surface area contributed by atoms with Gasteiger partial charge < -0.3 is 0 Å². The quantitative estimate of drug-likeness (QED) is 0.235. The lowest BCUT2D eigenvalue weighted by atomic mass is 10.0. The Kier molecular flexibility index (Phi) is 6.28. The molecule has 5 rings (SSSR count). The van der Waals surface area contributed by atoms with Gasteiger partial charge in [0.25, 0.3) is 0 Å². The molecule has 2 nitrogen and oxygen atoms in total. The van der Waals surface area contributed by atoms with E-state index in [1.807, 2.05) is 25.1 Å². The molecule has 1 heterocycles. The Balaban J connectivity index is 1.90. The lowest BCUT2D eigenvalue weighted by Gasteiger charge is -2.15. The third-order valence-corrected chi connectivity index (χ3v) is 6.11. The van der Waals surface area contributed by atoms with Crippen LogP contribution < -0.4 is 0 Å². The van der Waals surface area contributed by atoms with Crippen molar-refractivity contribution >= 4 is 16.3 Å². The predicted octanol–water partition coefficient (Wildman–Crippen LogP) is 8.81. The zero-order chi connectivity index (χ0) is 24.2. The summed E-state index contributed by atoms with van der Waals surface area (Å²) in [5.41, 5.74) is 7.52. The lowest BCUT2D eigenvalue weighted by Crippen LogP contribution is -2.02. The van der Waals surface area contributed by atoms with E-state index in [0.717, 1.165) is 39.6 Å². The second kappa shape index (κ2) is 9.82. The molecule has 170 valence electrons. The summed E-state index contributed by atoms with van der Waals surface area (Å²) < 4.78 is 2.28. The number of hydrogen-bond acceptors (Lipinski definition) is 1. The van der Waals surface area contributed by atoms with Gasteiger partial charge >= 0.3 is 0 Å². The number of hydrogen-bond donors (Lipinski definition) is 0. The number of allylic oxidation sites excluding steroid dienone is 5. The Morgan fingerprint density at radius 2 is 1.46 bits per heavy atom. The number of aryl methyl sites for hydroxylation is 1. The highest BCUT2D eigenvalue weighted by atomic mass is 15.1. The molecule has 0 fully saturated rings. The zero-order valence-electron chi connectivity index (χ0n) is 20.1. The summed E-state index contributed by atoms with van der Waals surface area (Å²) in [5.74, 6) is 0.908. The summed E-state index contributed by atoms with van der Waals surface area (Å²) in [6.45, 7) is 8.15. The first-order valence-electron chi connectivity index (χ1n) is 11.9. The van der Waals surface area contributed by atoms with Gasteiger partial charge in [0.15, 0.2) is 0 Å². The molecule has 4 aromatic carbocycles. The van der Waals surface area contributed by atoms with Crippen molar-refractivity contribution in [3.63, 3.8) is 0 Å². The first-order chi connectivity index (χ1) is 17.2. The maximum atomic E-state index is 5.26. The molecule has 2 heteroatoms. The lowest BCUT2D eigenvalue weighted by molar-refractivity contribution is 1.05. The van der Waals surface area contributed by atoms with Crippen LogP contribution in [0.4, 0.5) is 0 Å². The highest BCUT2D eigenvalue weighted by molar-refractivity contribution is 5.89. The van der Waals surface area contributed by atoms with Gasteiger partial charge in [-0.15, -0.1) is 0 Å². The summed E-state index contributed by atoms with van der Waals surface area (Å²) in [7, 11) is 0. The van der Waals surface area contributed by atoms with E-state index in [1.165, 1.54) is 16.3 Å². The number of aromatic nitrogens is 2. The number of fused-ring (bicyclic) bond motifs is 1. The van der Waals surface area contributed by atoms with Crippen molar-refractivity contribution in [1.82, 2.24) is 9.55 Å². The third-order valence-electron chi connectivity index (χ3n) is 6.11. The molecule has 35 heavy (non-hydrogen) atoms. The first kappa shape index (κ1) is 22.4. The van der Waals surface area contributed by atoms with Crippen molar-refractivity contribution in [2.75, 3.05) is 0 Å². The second-order valence-electron chi connectivity index (χ2n) is 8.59. The molecule has 0 amide bonds. The fraction of sp³-hybridized carbons (Fsp3) is 0.0606. The number of imidazole rings is 1. The molecule has 0 aliphatic heterocycles. The van der Waals surface area contributed by atoms with Gasteiger partial charge in [0.05, 0.1) is 11.4 Å². The van der Waals surface area contributed by atoms with Crippen LogP contribution in [0.5, 0.6) is 0 Å². The Bertz CT molecular complexity index is 1550. The predicted molar refractivity (Wildman–Crippen MR) is 150 cm³/mol. The molecule has 5 aromatic rings. The Morgan fingerprint density at radius 3 is 2.14 bits per heavy atom. The van der Waals surface area contributed by atoms with Crippen LogP contribution in [0.15, 0.2) is 128 Å². The van der Waals surface area contributed by atoms with E-state index < -0.39 is 0 Å². The van der Waals surface area contributed by atoms with Gasteiger partial charge in [-0.05, 0) is 36.8 Å². The summed E-state index contributed by atoms with van der Waals surface area (Å²) in [6.07, 6.45) is 8.08. The van der Waals surface area contributed by atoms with E-state index in [9.17, 15) is 0 Å². The maximum Gasteiger partial charge on any atom is 0.145 e. The molecule has 0 spiro atoms. The van der Waals surface area contributed by atoms with Crippen molar-refractivity contribution in [2.24, 2.45) is 0 Å². The molecule has 0 aliphatic rings. The molecule has 1 aromatic heterocycles. The summed E-state index contributed by atoms with van der Waals surface area (Å²) >= 11 is 0. The standard InChI is InChI=1S/C33H28N2/c1-4-12-26(13-5-2)32-31(25-14-8-6-9-15-25)34-33(27-16-10-7-11-17-27)35(32)30-21-20-28-22-24(3)18-19-29(28)23-30/h4-23H,1H2,2-3H3/b13-5-,26-12+. The average Bonchev–Trinajstić information content (AvgIpc) is 3.30. The maximum absolute atomic E-state index is 5.26. The molecule has 0 radical (unpaired) electrons. The van der Waals surface area contributed by atoms with Gasteiger partial charge in [-0.3, -0.25) is 4.57 Å². The Labute approximate surface area is 207 Å². The van der Waals surface area contributed by atoms with Crippen LogP contribution in [0, 0.1) is 6.92 Å². The minimum absolute atomic E-state index is 0.908. The van der Waals surface area contributed by atoms with E-state index in [1.54, 1.807) is 0 Å². The number of benzene rings is 4. The van der Waals surface area contributed by atoms with Crippen LogP contribution in [0.25, 0.3) is 44.7 Å². The van der Waals surface area contributed by atoms with Crippen molar-refractivity contribution in [3.05, 3.63) is 139 Å². The Morgan fingerprint density at radius 1 is 0.800 bits per heavy atom. The molecule has 0 aliphatic carbocycles. The van der Waals surface area contributed by atoms with Crippen LogP contribution in [0.3, 0.4) is 0 Å². The molecule has 0 bridgehead atoms. The van der Waals surface area contributed by atoms with Gasteiger partial charge in [-0.2, -0.15) is 0 Å². The van der Waals surface area contributed by atoms with Gasteiger partial charge in [-0.1, -0.05) is 121 Å². The van der Waals surface area contributed by atoms with Crippen molar-refractivity contribution in [1.29, 1.82) is 0 Å². The molecule has 0 saturated heterocycles. The minimum Gasteiger partial charge on any atom is -0.292 e. The zero-order valence-corrected chi connectivity index (χ0v) is 20.1. The number of rotatable bonds is 6.